The Morgan fingerprint density at radius 3 is 2.78 bits per heavy atom. The van der Waals surface area contributed by atoms with Gasteiger partial charge in [0.15, 0.2) is 0 Å². The van der Waals surface area contributed by atoms with E-state index in [1.165, 1.54) is 17.4 Å². The average molecular weight is 402 g/mol. The number of halogens is 1. The molecule has 27 heavy (non-hydrogen) atoms. The maximum Gasteiger partial charge on any atom is 0.273 e. The topological polar surface area (TPSA) is 36.4 Å². The molecule has 2 aromatic heterocycles. The first kappa shape index (κ1) is 18.3. The highest BCUT2D eigenvalue weighted by molar-refractivity contribution is 7.20. The summed E-state index contributed by atoms with van der Waals surface area (Å²) in [4.78, 5) is 22.6. The summed E-state index contributed by atoms with van der Waals surface area (Å²) < 4.78 is 13.9. The van der Waals surface area contributed by atoms with Gasteiger partial charge in [0.25, 0.3) is 5.91 Å². The Balaban J connectivity index is 1.39. The molecule has 1 fully saturated rings. The third-order valence-electron chi connectivity index (χ3n) is 4.68. The van der Waals surface area contributed by atoms with Crippen molar-refractivity contribution in [3.63, 3.8) is 0 Å². The summed E-state index contributed by atoms with van der Waals surface area (Å²) in [5, 5.41) is 4.75. The Kier molecular flexibility index (Phi) is 5.61. The average Bonchev–Trinajstić information content (AvgIpc) is 3.32. The maximum absolute atomic E-state index is 13.9. The van der Waals surface area contributed by atoms with Crippen molar-refractivity contribution in [1.29, 1.82) is 0 Å². The molecule has 3 aromatic rings. The zero-order valence-corrected chi connectivity index (χ0v) is 16.4. The summed E-state index contributed by atoms with van der Waals surface area (Å²) in [5.41, 5.74) is 1.23. The highest BCUT2D eigenvalue weighted by Crippen LogP contribution is 2.28. The smallest absolute Gasteiger partial charge is 0.273 e. The van der Waals surface area contributed by atoms with Gasteiger partial charge in [0.1, 0.15) is 16.5 Å². The van der Waals surface area contributed by atoms with Crippen LogP contribution in [0.5, 0.6) is 0 Å². The first-order valence-electron chi connectivity index (χ1n) is 8.95. The Hall–Kier alpha value is -2.09. The van der Waals surface area contributed by atoms with E-state index in [2.05, 4.69) is 9.88 Å². The molecule has 1 saturated heterocycles. The van der Waals surface area contributed by atoms with E-state index in [1.807, 2.05) is 39.9 Å². The van der Waals surface area contributed by atoms with Crippen molar-refractivity contribution >= 4 is 28.6 Å². The van der Waals surface area contributed by atoms with Crippen LogP contribution in [0.2, 0.25) is 0 Å². The summed E-state index contributed by atoms with van der Waals surface area (Å²) in [6, 6.07) is 10.9. The van der Waals surface area contributed by atoms with Crippen LogP contribution < -0.4 is 0 Å². The molecule has 0 aliphatic carbocycles. The van der Waals surface area contributed by atoms with Gasteiger partial charge < -0.3 is 4.90 Å². The van der Waals surface area contributed by atoms with Gasteiger partial charge in [-0.05, 0) is 23.9 Å². The number of carbonyl (C=O) groups is 1. The molecule has 0 radical (unpaired) electrons. The van der Waals surface area contributed by atoms with Crippen molar-refractivity contribution in [2.45, 2.75) is 13.0 Å². The molecule has 0 atom stereocenters. The molecule has 1 aliphatic rings. The monoisotopic (exact) mass is 401 g/mol. The number of benzene rings is 1. The molecule has 1 aliphatic heterocycles. The second-order valence-electron chi connectivity index (χ2n) is 6.53. The predicted octanol–water partition coefficient (Wildman–Crippen LogP) is 4.36. The molecule has 140 valence electrons. The Morgan fingerprint density at radius 2 is 1.96 bits per heavy atom. The largest absolute Gasteiger partial charge is 0.336 e. The summed E-state index contributed by atoms with van der Waals surface area (Å²) in [6.45, 7) is 3.52. The summed E-state index contributed by atoms with van der Waals surface area (Å²) >= 11 is 3.14. The van der Waals surface area contributed by atoms with Crippen LogP contribution in [0.1, 0.15) is 22.5 Å². The Bertz CT molecular complexity index is 910. The van der Waals surface area contributed by atoms with E-state index in [0.29, 0.717) is 30.9 Å². The molecule has 3 heterocycles. The van der Waals surface area contributed by atoms with Crippen molar-refractivity contribution in [3.05, 3.63) is 64.2 Å². The van der Waals surface area contributed by atoms with Crippen molar-refractivity contribution in [1.82, 2.24) is 14.8 Å². The van der Waals surface area contributed by atoms with Gasteiger partial charge >= 0.3 is 0 Å². The van der Waals surface area contributed by atoms with Crippen molar-refractivity contribution in [3.8, 4) is 9.88 Å². The first-order chi connectivity index (χ1) is 13.2. The number of thiophene rings is 1. The second-order valence-corrected chi connectivity index (χ2v) is 8.33. The number of thiazole rings is 1. The molecule has 4 rings (SSSR count). The minimum absolute atomic E-state index is 0.0122. The van der Waals surface area contributed by atoms with Gasteiger partial charge in [0, 0.05) is 43.7 Å². The zero-order valence-electron chi connectivity index (χ0n) is 14.8. The normalized spacial score (nSPS) is 15.7. The Morgan fingerprint density at radius 1 is 1.07 bits per heavy atom. The van der Waals surface area contributed by atoms with Crippen LogP contribution in [-0.2, 0) is 6.54 Å². The Labute approximate surface area is 165 Å². The van der Waals surface area contributed by atoms with Crippen LogP contribution in [0.15, 0.2) is 47.2 Å². The zero-order chi connectivity index (χ0) is 18.6. The molecule has 0 unspecified atom stereocenters. The van der Waals surface area contributed by atoms with Gasteiger partial charge in [-0.2, -0.15) is 0 Å². The fourth-order valence-corrected chi connectivity index (χ4v) is 4.86. The lowest BCUT2D eigenvalue weighted by Crippen LogP contribution is -2.35. The predicted molar refractivity (Wildman–Crippen MR) is 108 cm³/mol. The van der Waals surface area contributed by atoms with Crippen molar-refractivity contribution in [2.24, 2.45) is 0 Å². The van der Waals surface area contributed by atoms with Crippen LogP contribution >= 0.6 is 22.7 Å². The number of carbonyl (C=O) groups excluding carboxylic acids is 1. The van der Waals surface area contributed by atoms with Gasteiger partial charge in [0.2, 0.25) is 0 Å². The molecule has 1 amide bonds. The van der Waals surface area contributed by atoms with E-state index in [1.54, 1.807) is 17.4 Å². The lowest BCUT2D eigenvalue weighted by Gasteiger charge is -2.21. The van der Waals surface area contributed by atoms with Gasteiger partial charge in [-0.3, -0.25) is 9.69 Å². The lowest BCUT2D eigenvalue weighted by atomic mass is 10.2. The van der Waals surface area contributed by atoms with E-state index in [-0.39, 0.29) is 11.7 Å². The van der Waals surface area contributed by atoms with E-state index in [0.717, 1.165) is 29.4 Å². The van der Waals surface area contributed by atoms with Crippen LogP contribution in [0, 0.1) is 5.82 Å². The molecule has 0 saturated carbocycles. The summed E-state index contributed by atoms with van der Waals surface area (Å²) in [7, 11) is 0. The second kappa shape index (κ2) is 8.29. The summed E-state index contributed by atoms with van der Waals surface area (Å²) in [6.07, 6.45) is 0.877. The van der Waals surface area contributed by atoms with Gasteiger partial charge in [-0.15, -0.1) is 22.7 Å². The quantitative estimate of drug-likeness (QED) is 0.652. The van der Waals surface area contributed by atoms with Gasteiger partial charge in [-0.25, -0.2) is 9.37 Å². The highest BCUT2D eigenvalue weighted by Gasteiger charge is 2.23. The van der Waals surface area contributed by atoms with Crippen LogP contribution in [-0.4, -0.2) is 46.9 Å². The third-order valence-corrected chi connectivity index (χ3v) is 6.56. The minimum Gasteiger partial charge on any atom is -0.336 e. The molecule has 4 nitrogen and oxygen atoms in total. The SMILES string of the molecule is O=C(c1csc(-c2cccs2)n1)N1CCCN(Cc2ccccc2F)CC1. The molecular weight excluding hydrogens is 381 g/mol. The number of hydrogen-bond donors (Lipinski definition) is 0. The van der Waals surface area contributed by atoms with E-state index < -0.39 is 0 Å². The minimum atomic E-state index is -0.168. The maximum atomic E-state index is 13.9. The molecular formula is C20H20FN3OS2. The number of rotatable bonds is 4. The van der Waals surface area contributed by atoms with Crippen LogP contribution in [0.25, 0.3) is 9.88 Å². The molecule has 1 aromatic carbocycles. The van der Waals surface area contributed by atoms with Gasteiger partial charge in [0.05, 0.1) is 4.88 Å². The first-order valence-corrected chi connectivity index (χ1v) is 10.7. The van der Waals surface area contributed by atoms with Crippen LogP contribution in [0.4, 0.5) is 4.39 Å². The molecule has 7 heteroatoms. The molecule has 0 N–H and O–H groups in total. The number of hydrogen-bond acceptors (Lipinski definition) is 5. The van der Waals surface area contributed by atoms with Crippen LogP contribution in [0.3, 0.4) is 0 Å². The fourth-order valence-electron chi connectivity index (χ4n) is 3.25. The van der Waals surface area contributed by atoms with E-state index in [9.17, 15) is 9.18 Å². The van der Waals surface area contributed by atoms with E-state index >= 15 is 0 Å². The van der Waals surface area contributed by atoms with Gasteiger partial charge in [-0.1, -0.05) is 24.3 Å². The highest BCUT2D eigenvalue weighted by atomic mass is 32.1. The summed E-state index contributed by atoms with van der Waals surface area (Å²) in [5.74, 6) is -0.181. The fraction of sp³-hybridized carbons (Fsp3) is 0.300. The molecule has 0 spiro atoms. The number of aromatic nitrogens is 1. The van der Waals surface area contributed by atoms with E-state index in [4.69, 9.17) is 0 Å². The number of amides is 1. The molecule has 0 bridgehead atoms. The third kappa shape index (κ3) is 4.26. The van der Waals surface area contributed by atoms with Crippen molar-refractivity contribution in [2.75, 3.05) is 26.2 Å². The lowest BCUT2D eigenvalue weighted by molar-refractivity contribution is 0.0756. The standard InChI is InChI=1S/C20H20FN3OS2/c21-16-6-2-1-5-15(16)13-23-8-4-9-24(11-10-23)20(25)17-14-27-19(22-17)18-7-3-12-26-18/h1-3,5-7,12,14H,4,8-11,13H2. The number of nitrogens with zero attached hydrogens (tertiary/aromatic N) is 3. The van der Waals surface area contributed by atoms with Crippen molar-refractivity contribution < 1.29 is 9.18 Å².